The number of thiocarbonyl (C=S) groups is 1. The molecule has 2 fully saturated rings. The van der Waals surface area contributed by atoms with E-state index in [1.807, 2.05) is 0 Å². The Balaban J connectivity index is 1.40. The molecule has 52 heavy (non-hydrogen) atoms. The van der Waals surface area contributed by atoms with E-state index in [0.29, 0.717) is 50.7 Å². The van der Waals surface area contributed by atoms with Gasteiger partial charge in [0.1, 0.15) is 12.4 Å². The number of hydrogen-bond acceptors (Lipinski definition) is 10. The molecule has 0 radical (unpaired) electrons. The van der Waals surface area contributed by atoms with Crippen molar-refractivity contribution in [1.29, 1.82) is 0 Å². The predicted octanol–water partition coefficient (Wildman–Crippen LogP) is 5.98. The number of hydrogen-bond donors (Lipinski definition) is 4. The molecule has 1 amide bonds. The molecule has 3 aromatic rings. The van der Waals surface area contributed by atoms with E-state index < -0.39 is 41.4 Å². The SMILES string of the molecule is O=C(O)c1ccc(NC(CO)CNN2C(=O)/C(=C/c3cc(-c4cc(C(F)(F)F)cc(C(F)(F)F)c4)ccc3OCCN3CCOCC3)SC2=S)cc1. The van der Waals surface area contributed by atoms with Crippen LogP contribution in [-0.2, 0) is 21.9 Å². The Labute approximate surface area is 303 Å². The fourth-order valence-electron chi connectivity index (χ4n) is 5.26. The van der Waals surface area contributed by atoms with Crippen LogP contribution in [0.5, 0.6) is 5.75 Å². The maximum atomic E-state index is 13.7. The first kappa shape index (κ1) is 39.0. The lowest BCUT2D eigenvalue weighted by atomic mass is 9.97. The summed E-state index contributed by atoms with van der Waals surface area (Å²) in [5, 5.41) is 23.1. The molecule has 2 aliphatic heterocycles. The summed E-state index contributed by atoms with van der Waals surface area (Å²) in [5.74, 6) is -1.46. The number of nitrogens with one attached hydrogen (secondary N) is 2. The number of carbonyl (C=O) groups excluding carboxylic acids is 1. The second-order valence-corrected chi connectivity index (χ2v) is 13.3. The van der Waals surface area contributed by atoms with E-state index in [4.69, 9.17) is 26.8 Å². The third-order valence-electron chi connectivity index (χ3n) is 8.00. The van der Waals surface area contributed by atoms with Crippen molar-refractivity contribution in [1.82, 2.24) is 15.3 Å². The average Bonchev–Trinajstić information content (AvgIpc) is 3.37. The Kier molecular flexibility index (Phi) is 12.5. The van der Waals surface area contributed by atoms with E-state index in [2.05, 4.69) is 15.6 Å². The van der Waals surface area contributed by atoms with Gasteiger partial charge >= 0.3 is 18.3 Å². The monoisotopic (exact) mass is 770 g/mol. The minimum atomic E-state index is -5.04. The van der Waals surface area contributed by atoms with Gasteiger partial charge < -0.3 is 25.0 Å². The summed E-state index contributed by atoms with van der Waals surface area (Å²) in [7, 11) is 0. The molecule has 2 heterocycles. The van der Waals surface area contributed by atoms with E-state index in [1.165, 1.54) is 48.5 Å². The molecular weight excluding hydrogens is 739 g/mol. The van der Waals surface area contributed by atoms with Gasteiger partial charge in [-0.05, 0) is 71.8 Å². The lowest BCUT2D eigenvalue weighted by Gasteiger charge is -2.26. The molecule has 1 unspecified atom stereocenters. The van der Waals surface area contributed by atoms with Crippen molar-refractivity contribution in [2.45, 2.75) is 18.4 Å². The third-order valence-corrected chi connectivity index (χ3v) is 9.30. The standard InChI is InChI=1S/C34H32F6N4O6S2/c35-33(36,37)24-14-22(15-25(17-24)34(38,39)40)21-3-6-28(50-12-9-43-7-10-49-11-8-43)23(13-21)16-29-30(46)44(32(51)52-29)41-18-27(19-45)42-26-4-1-20(2-5-26)31(47)48/h1-6,13-17,27,41-42,45H,7-12,18-19H2,(H,47,48)/b29-16-. The zero-order valence-electron chi connectivity index (χ0n) is 27.1. The first-order valence-electron chi connectivity index (χ1n) is 15.7. The first-order valence-corrected chi connectivity index (χ1v) is 16.9. The highest BCUT2D eigenvalue weighted by molar-refractivity contribution is 8.26. The molecule has 10 nitrogen and oxygen atoms in total. The smallest absolute Gasteiger partial charge is 0.416 e. The molecule has 4 N–H and O–H groups in total. The van der Waals surface area contributed by atoms with E-state index in [-0.39, 0.29) is 63.1 Å². The molecule has 0 aliphatic carbocycles. The molecule has 2 saturated heterocycles. The van der Waals surface area contributed by atoms with Crippen LogP contribution in [-0.4, -0.2) is 95.0 Å². The molecular formula is C34H32F6N4O6S2. The molecule has 0 aromatic heterocycles. The number of carboxylic acid groups (broad SMARTS) is 1. The molecule has 0 bridgehead atoms. The normalized spacial score (nSPS) is 17.1. The van der Waals surface area contributed by atoms with Gasteiger partial charge in [0.05, 0.1) is 47.5 Å². The number of aliphatic hydroxyl groups excluding tert-OH is 1. The highest BCUT2D eigenvalue weighted by Crippen LogP contribution is 2.40. The van der Waals surface area contributed by atoms with Crippen molar-refractivity contribution in [2.75, 3.05) is 57.9 Å². The van der Waals surface area contributed by atoms with Gasteiger partial charge in [-0.25, -0.2) is 15.2 Å². The molecule has 2 aliphatic rings. The topological polar surface area (TPSA) is 124 Å². The fraction of sp³-hybridized carbons (Fsp3) is 0.324. The molecule has 0 spiro atoms. The van der Waals surface area contributed by atoms with Gasteiger partial charge in [0, 0.05) is 37.4 Å². The number of carbonyl (C=O) groups is 2. The minimum absolute atomic E-state index is 0.000622. The number of nitrogens with zero attached hydrogens (tertiary/aromatic N) is 2. The van der Waals surface area contributed by atoms with Gasteiger partial charge in [-0.1, -0.05) is 30.0 Å². The van der Waals surface area contributed by atoms with Crippen LogP contribution in [0.15, 0.2) is 65.6 Å². The van der Waals surface area contributed by atoms with Crippen LogP contribution in [0, 0.1) is 0 Å². The average molecular weight is 771 g/mol. The summed E-state index contributed by atoms with van der Waals surface area (Å²) in [6.07, 6.45) is -8.69. The van der Waals surface area contributed by atoms with Gasteiger partial charge in [-0.3, -0.25) is 9.69 Å². The van der Waals surface area contributed by atoms with Crippen molar-refractivity contribution in [3.63, 3.8) is 0 Å². The second-order valence-electron chi connectivity index (χ2n) is 11.6. The number of alkyl halides is 6. The Hall–Kier alpha value is -4.20. The lowest BCUT2D eigenvalue weighted by molar-refractivity contribution is -0.143. The van der Waals surface area contributed by atoms with Gasteiger partial charge in [0.2, 0.25) is 0 Å². The van der Waals surface area contributed by atoms with Crippen LogP contribution in [0.4, 0.5) is 32.0 Å². The Morgan fingerprint density at radius 3 is 2.23 bits per heavy atom. The zero-order valence-corrected chi connectivity index (χ0v) is 28.7. The number of rotatable bonds is 13. The summed E-state index contributed by atoms with van der Waals surface area (Å²) in [6.45, 7) is 2.82. The van der Waals surface area contributed by atoms with Crippen LogP contribution < -0.4 is 15.5 Å². The zero-order chi connectivity index (χ0) is 37.6. The van der Waals surface area contributed by atoms with Crippen molar-refractivity contribution in [3.8, 4) is 16.9 Å². The van der Waals surface area contributed by atoms with E-state index in [9.17, 15) is 41.0 Å². The predicted molar refractivity (Wildman–Crippen MR) is 186 cm³/mol. The van der Waals surface area contributed by atoms with Crippen LogP contribution in [0.1, 0.15) is 27.0 Å². The molecule has 3 aromatic carbocycles. The van der Waals surface area contributed by atoms with Gasteiger partial charge in [0.25, 0.3) is 5.91 Å². The quantitative estimate of drug-likeness (QED) is 0.0934. The maximum absolute atomic E-state index is 13.7. The third kappa shape index (κ3) is 10.0. The second kappa shape index (κ2) is 16.6. The molecule has 1 atom stereocenters. The summed E-state index contributed by atoms with van der Waals surface area (Å²) in [4.78, 5) is 26.8. The Morgan fingerprint density at radius 2 is 1.63 bits per heavy atom. The Bertz CT molecular complexity index is 1790. The van der Waals surface area contributed by atoms with Crippen molar-refractivity contribution in [3.05, 3.63) is 87.8 Å². The van der Waals surface area contributed by atoms with Gasteiger partial charge in [-0.2, -0.15) is 26.3 Å². The van der Waals surface area contributed by atoms with E-state index >= 15 is 0 Å². The van der Waals surface area contributed by atoms with Gasteiger partial charge in [-0.15, -0.1) is 0 Å². The largest absolute Gasteiger partial charge is 0.492 e. The van der Waals surface area contributed by atoms with Crippen molar-refractivity contribution >= 4 is 51.9 Å². The van der Waals surface area contributed by atoms with E-state index in [0.717, 1.165) is 16.8 Å². The highest BCUT2D eigenvalue weighted by atomic mass is 32.2. The van der Waals surface area contributed by atoms with Crippen LogP contribution >= 0.6 is 24.0 Å². The van der Waals surface area contributed by atoms with Crippen LogP contribution in [0.2, 0.25) is 0 Å². The number of aliphatic hydroxyl groups is 1. The molecule has 0 saturated carbocycles. The van der Waals surface area contributed by atoms with Crippen molar-refractivity contribution in [2.24, 2.45) is 0 Å². The van der Waals surface area contributed by atoms with Crippen LogP contribution in [0.3, 0.4) is 0 Å². The number of aromatic carboxylic acids is 1. The van der Waals surface area contributed by atoms with E-state index in [1.54, 1.807) is 0 Å². The molecule has 5 rings (SSSR count). The lowest BCUT2D eigenvalue weighted by Crippen LogP contribution is -2.47. The summed E-state index contributed by atoms with van der Waals surface area (Å²) in [5.41, 5.74) is 0.409. The summed E-state index contributed by atoms with van der Waals surface area (Å²) >= 11 is 6.31. The number of anilines is 1. The maximum Gasteiger partial charge on any atom is 0.416 e. The van der Waals surface area contributed by atoms with Gasteiger partial charge in [0.15, 0.2) is 4.32 Å². The fourth-order valence-corrected chi connectivity index (χ4v) is 6.46. The first-order chi connectivity index (χ1) is 24.6. The Morgan fingerprint density at radius 1 is 0.981 bits per heavy atom. The summed E-state index contributed by atoms with van der Waals surface area (Å²) in [6, 6.07) is 10.6. The summed E-state index contributed by atoms with van der Waals surface area (Å²) < 4.78 is 93.4. The number of halogens is 6. The minimum Gasteiger partial charge on any atom is -0.492 e. The number of benzene rings is 3. The van der Waals surface area contributed by atoms with Crippen molar-refractivity contribution < 1.29 is 55.6 Å². The molecule has 18 heteroatoms. The number of thioether (sulfide) groups is 1. The number of carboxylic acids is 1. The highest BCUT2D eigenvalue weighted by Gasteiger charge is 2.37. The molecule has 278 valence electrons. The number of morpholine rings is 1. The number of hydrazine groups is 1. The number of ether oxygens (including phenoxy) is 2. The number of amides is 1. The van der Waals surface area contributed by atoms with Crippen LogP contribution in [0.25, 0.3) is 17.2 Å².